The molecule has 0 aliphatic carbocycles. The van der Waals surface area contributed by atoms with Gasteiger partial charge in [0.2, 0.25) is 0 Å². The highest BCUT2D eigenvalue weighted by atomic mass is 32.2. The summed E-state index contributed by atoms with van der Waals surface area (Å²) in [4.78, 5) is 2.70. The SMILES string of the molecule is COc1ccc2c(c1)C(=C1CCNCC1)c1ccccc1S2. The van der Waals surface area contributed by atoms with Crippen molar-refractivity contribution in [3.8, 4) is 5.75 Å². The first kappa shape index (κ1) is 13.9. The van der Waals surface area contributed by atoms with Gasteiger partial charge in [0, 0.05) is 9.79 Å². The van der Waals surface area contributed by atoms with Crippen molar-refractivity contribution in [1.82, 2.24) is 5.32 Å². The number of nitrogens with one attached hydrogen (secondary N) is 1. The van der Waals surface area contributed by atoms with Gasteiger partial charge in [0.1, 0.15) is 5.75 Å². The van der Waals surface area contributed by atoms with Gasteiger partial charge in [-0.3, -0.25) is 0 Å². The van der Waals surface area contributed by atoms with Crippen LogP contribution in [0.4, 0.5) is 0 Å². The summed E-state index contributed by atoms with van der Waals surface area (Å²) >= 11 is 1.86. The molecule has 1 fully saturated rings. The molecule has 112 valence electrons. The van der Waals surface area contributed by atoms with Gasteiger partial charge in [-0.05, 0) is 66.9 Å². The van der Waals surface area contributed by atoms with E-state index in [-0.39, 0.29) is 0 Å². The second kappa shape index (κ2) is 5.82. The number of hydrogen-bond acceptors (Lipinski definition) is 3. The molecule has 0 bridgehead atoms. The summed E-state index contributed by atoms with van der Waals surface area (Å²) in [6, 6.07) is 15.2. The van der Waals surface area contributed by atoms with E-state index in [4.69, 9.17) is 4.74 Å². The highest BCUT2D eigenvalue weighted by Gasteiger charge is 2.24. The molecule has 0 saturated carbocycles. The summed E-state index contributed by atoms with van der Waals surface area (Å²) in [5, 5.41) is 3.46. The van der Waals surface area contributed by atoms with Crippen LogP contribution in [0, 0.1) is 0 Å². The van der Waals surface area contributed by atoms with Crippen LogP contribution in [-0.2, 0) is 0 Å². The Morgan fingerprint density at radius 1 is 0.955 bits per heavy atom. The maximum Gasteiger partial charge on any atom is 0.119 e. The fourth-order valence-corrected chi connectivity index (χ4v) is 4.38. The minimum atomic E-state index is 0.936. The molecule has 0 amide bonds. The molecule has 3 heteroatoms. The first-order valence-electron chi connectivity index (χ1n) is 7.75. The summed E-state index contributed by atoms with van der Waals surface area (Å²) in [5.41, 5.74) is 5.72. The van der Waals surface area contributed by atoms with Crippen LogP contribution in [0.3, 0.4) is 0 Å². The number of ether oxygens (including phenoxy) is 1. The lowest BCUT2D eigenvalue weighted by Gasteiger charge is -2.27. The Kier molecular flexibility index (Phi) is 3.68. The molecule has 0 unspecified atom stereocenters. The third kappa shape index (κ3) is 2.34. The zero-order valence-corrected chi connectivity index (χ0v) is 13.5. The van der Waals surface area contributed by atoms with E-state index in [1.54, 1.807) is 12.7 Å². The van der Waals surface area contributed by atoms with E-state index in [2.05, 4.69) is 47.8 Å². The molecular formula is C19H19NOS. The third-order valence-electron chi connectivity index (χ3n) is 4.39. The maximum absolute atomic E-state index is 5.46. The van der Waals surface area contributed by atoms with E-state index in [1.807, 2.05) is 11.8 Å². The number of benzene rings is 2. The van der Waals surface area contributed by atoms with E-state index in [9.17, 15) is 0 Å². The smallest absolute Gasteiger partial charge is 0.119 e. The van der Waals surface area contributed by atoms with Crippen molar-refractivity contribution in [3.63, 3.8) is 0 Å². The van der Waals surface area contributed by atoms with Crippen LogP contribution in [0.5, 0.6) is 5.75 Å². The van der Waals surface area contributed by atoms with Gasteiger partial charge in [-0.2, -0.15) is 0 Å². The second-order valence-electron chi connectivity index (χ2n) is 5.69. The molecule has 22 heavy (non-hydrogen) atoms. The Labute approximate surface area is 135 Å². The van der Waals surface area contributed by atoms with Crippen LogP contribution >= 0.6 is 11.8 Å². The Morgan fingerprint density at radius 3 is 2.55 bits per heavy atom. The molecular weight excluding hydrogens is 290 g/mol. The average molecular weight is 309 g/mol. The Bertz CT molecular complexity index is 743. The summed E-state index contributed by atoms with van der Waals surface area (Å²) in [5.74, 6) is 0.936. The van der Waals surface area contributed by atoms with Crippen molar-refractivity contribution in [2.24, 2.45) is 0 Å². The normalized spacial score (nSPS) is 17.0. The fourth-order valence-electron chi connectivity index (χ4n) is 3.31. The van der Waals surface area contributed by atoms with Crippen molar-refractivity contribution in [3.05, 3.63) is 59.2 Å². The van der Waals surface area contributed by atoms with Crippen molar-refractivity contribution in [2.75, 3.05) is 20.2 Å². The topological polar surface area (TPSA) is 21.3 Å². The first-order chi connectivity index (χ1) is 10.9. The quantitative estimate of drug-likeness (QED) is 0.722. The van der Waals surface area contributed by atoms with Crippen molar-refractivity contribution >= 4 is 17.3 Å². The number of methoxy groups -OCH3 is 1. The standard InChI is InChI=1S/C19H19NOS/c1-21-14-6-7-18-16(12-14)19(13-8-10-20-11-9-13)15-4-2-3-5-17(15)22-18/h2-7,12,20H,8-11H2,1H3. The highest BCUT2D eigenvalue weighted by molar-refractivity contribution is 7.99. The highest BCUT2D eigenvalue weighted by Crippen LogP contribution is 2.48. The largest absolute Gasteiger partial charge is 0.497 e. The molecule has 0 aromatic heterocycles. The number of hydrogen-bond donors (Lipinski definition) is 1. The number of fused-ring (bicyclic) bond motifs is 2. The van der Waals surface area contributed by atoms with Crippen molar-refractivity contribution < 1.29 is 4.74 Å². The zero-order chi connectivity index (χ0) is 14.9. The Morgan fingerprint density at radius 2 is 1.73 bits per heavy atom. The zero-order valence-electron chi connectivity index (χ0n) is 12.7. The fraction of sp³-hybridized carbons (Fsp3) is 0.263. The van der Waals surface area contributed by atoms with Crippen LogP contribution < -0.4 is 10.1 Å². The van der Waals surface area contributed by atoms with Gasteiger partial charge in [0.25, 0.3) is 0 Å². The van der Waals surface area contributed by atoms with E-state index in [0.717, 1.165) is 31.7 Å². The molecule has 0 spiro atoms. The number of piperidine rings is 1. The van der Waals surface area contributed by atoms with Gasteiger partial charge in [-0.25, -0.2) is 0 Å². The first-order valence-corrected chi connectivity index (χ1v) is 8.57. The van der Waals surface area contributed by atoms with Gasteiger partial charge >= 0.3 is 0 Å². The van der Waals surface area contributed by atoms with E-state index < -0.39 is 0 Å². The molecule has 2 aromatic carbocycles. The monoisotopic (exact) mass is 309 g/mol. The summed E-state index contributed by atoms with van der Waals surface area (Å²) in [7, 11) is 1.74. The molecule has 2 aliphatic heterocycles. The average Bonchev–Trinajstić information content (AvgIpc) is 2.60. The minimum Gasteiger partial charge on any atom is -0.497 e. The predicted molar refractivity (Wildman–Crippen MR) is 91.7 cm³/mol. The van der Waals surface area contributed by atoms with Crippen LogP contribution in [0.2, 0.25) is 0 Å². The maximum atomic E-state index is 5.46. The lowest BCUT2D eigenvalue weighted by molar-refractivity contribution is 0.414. The molecule has 2 nitrogen and oxygen atoms in total. The van der Waals surface area contributed by atoms with Gasteiger partial charge in [0.05, 0.1) is 7.11 Å². The van der Waals surface area contributed by atoms with Crippen LogP contribution in [0.25, 0.3) is 5.57 Å². The Hall–Kier alpha value is -1.71. The third-order valence-corrected chi connectivity index (χ3v) is 5.54. The molecule has 1 saturated heterocycles. The van der Waals surface area contributed by atoms with Crippen LogP contribution in [-0.4, -0.2) is 20.2 Å². The van der Waals surface area contributed by atoms with Gasteiger partial charge in [-0.1, -0.05) is 35.5 Å². The van der Waals surface area contributed by atoms with Gasteiger partial charge in [0.15, 0.2) is 0 Å². The van der Waals surface area contributed by atoms with E-state index in [0.29, 0.717) is 0 Å². The van der Waals surface area contributed by atoms with Crippen LogP contribution in [0.1, 0.15) is 24.0 Å². The minimum absolute atomic E-state index is 0.936. The molecule has 1 N–H and O–H groups in total. The molecule has 4 rings (SSSR count). The summed E-state index contributed by atoms with van der Waals surface area (Å²) in [6.45, 7) is 2.15. The van der Waals surface area contributed by atoms with Gasteiger partial charge < -0.3 is 10.1 Å². The van der Waals surface area contributed by atoms with Crippen molar-refractivity contribution in [2.45, 2.75) is 22.6 Å². The lowest BCUT2D eigenvalue weighted by atomic mass is 9.88. The molecule has 0 radical (unpaired) electrons. The molecule has 2 heterocycles. The Balaban J connectivity index is 1.95. The lowest BCUT2D eigenvalue weighted by Crippen LogP contribution is -2.24. The predicted octanol–water partition coefficient (Wildman–Crippen LogP) is 4.35. The molecule has 2 aromatic rings. The molecule has 0 atom stereocenters. The second-order valence-corrected chi connectivity index (χ2v) is 6.77. The van der Waals surface area contributed by atoms with E-state index >= 15 is 0 Å². The summed E-state index contributed by atoms with van der Waals surface area (Å²) in [6.07, 6.45) is 2.26. The van der Waals surface area contributed by atoms with Gasteiger partial charge in [-0.15, -0.1) is 0 Å². The molecule has 2 aliphatic rings. The summed E-state index contributed by atoms with van der Waals surface area (Å²) < 4.78 is 5.46. The van der Waals surface area contributed by atoms with E-state index in [1.165, 1.54) is 26.5 Å². The van der Waals surface area contributed by atoms with Crippen molar-refractivity contribution in [1.29, 1.82) is 0 Å². The van der Waals surface area contributed by atoms with Crippen LogP contribution in [0.15, 0.2) is 57.8 Å². The number of rotatable bonds is 1.